The Kier molecular flexibility index (Phi) is 6.95. The molecule has 2 N–H and O–H groups in total. The van der Waals surface area contributed by atoms with Crippen molar-refractivity contribution in [3.63, 3.8) is 0 Å². The van der Waals surface area contributed by atoms with Crippen molar-refractivity contribution < 1.29 is 22.7 Å². The van der Waals surface area contributed by atoms with Gasteiger partial charge in [-0.05, 0) is 36.4 Å². The lowest BCUT2D eigenvalue weighted by atomic mass is 10.2. The Morgan fingerprint density at radius 1 is 1.30 bits per heavy atom. The molecule has 1 aliphatic heterocycles. The second kappa shape index (κ2) is 9.28. The largest absolute Gasteiger partial charge is 0.495 e. The molecule has 30 heavy (non-hydrogen) atoms. The van der Waals surface area contributed by atoms with Crippen LogP contribution >= 0.6 is 23.4 Å². The molecule has 0 fully saturated rings. The highest BCUT2D eigenvalue weighted by Crippen LogP contribution is 2.33. The maximum Gasteiger partial charge on any atom is 0.228 e. The molecule has 2 aromatic carbocycles. The molecular formula is C20H21ClN2O5S2. The van der Waals surface area contributed by atoms with Crippen LogP contribution in [0.2, 0.25) is 5.02 Å². The minimum Gasteiger partial charge on any atom is -0.495 e. The van der Waals surface area contributed by atoms with Gasteiger partial charge < -0.3 is 15.4 Å². The van der Waals surface area contributed by atoms with Gasteiger partial charge in [-0.1, -0.05) is 18.5 Å². The van der Waals surface area contributed by atoms with E-state index in [0.717, 1.165) is 4.90 Å². The maximum absolute atomic E-state index is 12.9. The number of halogens is 1. The molecule has 3 rings (SSSR count). The van der Waals surface area contributed by atoms with Crippen LogP contribution < -0.4 is 15.4 Å². The van der Waals surface area contributed by atoms with E-state index >= 15 is 0 Å². The average Bonchev–Trinajstić information content (AvgIpc) is 2.87. The van der Waals surface area contributed by atoms with Crippen LogP contribution in [0.4, 0.5) is 11.4 Å². The van der Waals surface area contributed by atoms with E-state index < -0.39 is 21.7 Å². The van der Waals surface area contributed by atoms with Gasteiger partial charge in [0.15, 0.2) is 9.84 Å². The molecule has 2 amide bonds. The zero-order valence-corrected chi connectivity index (χ0v) is 18.8. The Hall–Kier alpha value is -2.23. The monoisotopic (exact) mass is 468 g/mol. The van der Waals surface area contributed by atoms with Crippen LogP contribution in [0.25, 0.3) is 0 Å². The third-order valence-electron chi connectivity index (χ3n) is 4.51. The van der Waals surface area contributed by atoms with E-state index in [-0.39, 0.29) is 16.6 Å². The van der Waals surface area contributed by atoms with Crippen molar-refractivity contribution in [1.82, 2.24) is 0 Å². The molecule has 160 valence electrons. The first-order chi connectivity index (χ1) is 14.2. The number of benzene rings is 2. The fourth-order valence-electron chi connectivity index (χ4n) is 2.90. The number of rotatable bonds is 6. The van der Waals surface area contributed by atoms with Crippen LogP contribution in [0.3, 0.4) is 0 Å². The third-order valence-corrected chi connectivity index (χ3v) is 7.79. The van der Waals surface area contributed by atoms with Gasteiger partial charge in [0.1, 0.15) is 5.75 Å². The van der Waals surface area contributed by atoms with Crippen LogP contribution in [0.15, 0.2) is 46.2 Å². The minimum atomic E-state index is -3.75. The second-order valence-electron chi connectivity index (χ2n) is 6.83. The predicted octanol–water partition coefficient (Wildman–Crippen LogP) is 3.83. The Morgan fingerprint density at radius 3 is 2.77 bits per heavy atom. The second-order valence-corrected chi connectivity index (χ2v) is 10.4. The Bertz CT molecular complexity index is 1090. The summed E-state index contributed by atoms with van der Waals surface area (Å²) >= 11 is 7.55. The predicted molar refractivity (Wildman–Crippen MR) is 118 cm³/mol. The molecule has 0 unspecified atom stereocenters. The molecule has 0 radical (unpaired) electrons. The highest BCUT2D eigenvalue weighted by molar-refractivity contribution is 7.99. The van der Waals surface area contributed by atoms with Crippen LogP contribution in [0.5, 0.6) is 5.75 Å². The molecular weight excluding hydrogens is 448 g/mol. The lowest BCUT2D eigenvalue weighted by molar-refractivity contribution is -0.119. The number of carbonyl (C=O) groups is 2. The van der Waals surface area contributed by atoms with E-state index in [2.05, 4.69) is 10.6 Å². The summed E-state index contributed by atoms with van der Waals surface area (Å²) in [6.07, 6.45) is 0.369. The van der Waals surface area contributed by atoms with E-state index in [0.29, 0.717) is 34.3 Å². The number of methoxy groups -OCH3 is 1. The van der Waals surface area contributed by atoms with Crippen molar-refractivity contribution in [2.24, 2.45) is 5.92 Å². The Labute approximate surface area is 184 Å². The van der Waals surface area contributed by atoms with Crippen LogP contribution in [0.1, 0.15) is 13.3 Å². The van der Waals surface area contributed by atoms with Gasteiger partial charge >= 0.3 is 0 Å². The summed E-state index contributed by atoms with van der Waals surface area (Å²) in [4.78, 5) is 25.2. The van der Waals surface area contributed by atoms with E-state index in [9.17, 15) is 18.0 Å². The van der Waals surface area contributed by atoms with Crippen molar-refractivity contribution in [3.05, 3.63) is 41.4 Å². The first-order valence-corrected chi connectivity index (χ1v) is 12.1. The number of thioether (sulfide) groups is 1. The highest BCUT2D eigenvalue weighted by atomic mass is 35.5. The first-order valence-electron chi connectivity index (χ1n) is 9.13. The normalized spacial score (nSPS) is 14.8. The summed E-state index contributed by atoms with van der Waals surface area (Å²) in [7, 11) is -2.26. The van der Waals surface area contributed by atoms with E-state index in [1.165, 1.54) is 37.1 Å². The van der Waals surface area contributed by atoms with Gasteiger partial charge in [-0.3, -0.25) is 9.59 Å². The molecule has 2 aromatic rings. The molecule has 0 spiro atoms. The van der Waals surface area contributed by atoms with E-state index in [1.54, 1.807) is 25.1 Å². The molecule has 1 heterocycles. The lowest BCUT2D eigenvalue weighted by Crippen LogP contribution is -2.27. The molecule has 0 saturated carbocycles. The number of carbonyl (C=O) groups excluding carboxylic acids is 2. The van der Waals surface area contributed by atoms with Gasteiger partial charge in [0.25, 0.3) is 0 Å². The highest BCUT2D eigenvalue weighted by Gasteiger charge is 2.25. The minimum absolute atomic E-state index is 0.0659. The summed E-state index contributed by atoms with van der Waals surface area (Å²) in [5, 5.41) is 5.73. The van der Waals surface area contributed by atoms with Crippen LogP contribution in [-0.2, 0) is 19.4 Å². The molecule has 1 atom stereocenters. The standard InChI is InChI=1S/C20H21ClN2O5S2/c1-12(20(25)22-13-3-5-17(28-2)15(21)9-13)11-30(26,27)14-4-6-18-16(10-14)23-19(24)7-8-29-18/h3-6,9-10,12H,7-8,11H2,1-2H3,(H,22,25)(H,23,24)/t12-/m0/s1. The average molecular weight is 469 g/mol. The number of anilines is 2. The van der Waals surface area contributed by atoms with Gasteiger partial charge in [-0.25, -0.2) is 8.42 Å². The molecule has 0 saturated heterocycles. The quantitative estimate of drug-likeness (QED) is 0.668. The van der Waals surface area contributed by atoms with Gasteiger partial charge in [0.05, 0.1) is 28.5 Å². The summed E-state index contributed by atoms with van der Waals surface area (Å²) in [5.41, 5.74) is 0.924. The van der Waals surface area contributed by atoms with Gasteiger partial charge in [-0.15, -0.1) is 11.8 Å². The van der Waals surface area contributed by atoms with Crippen molar-refractivity contribution in [2.75, 3.05) is 29.2 Å². The van der Waals surface area contributed by atoms with Crippen molar-refractivity contribution in [1.29, 1.82) is 0 Å². The number of hydrogen-bond donors (Lipinski definition) is 2. The van der Waals surface area contributed by atoms with E-state index in [4.69, 9.17) is 16.3 Å². The first kappa shape index (κ1) is 22.5. The number of hydrogen-bond acceptors (Lipinski definition) is 6. The van der Waals surface area contributed by atoms with Gasteiger partial charge in [-0.2, -0.15) is 0 Å². The molecule has 1 aliphatic rings. The fraction of sp³-hybridized carbons (Fsp3) is 0.300. The number of ether oxygens (including phenoxy) is 1. The Morgan fingerprint density at radius 2 is 2.07 bits per heavy atom. The number of nitrogens with one attached hydrogen (secondary N) is 2. The number of fused-ring (bicyclic) bond motifs is 1. The topological polar surface area (TPSA) is 102 Å². The summed E-state index contributed by atoms with van der Waals surface area (Å²) < 4.78 is 30.8. The summed E-state index contributed by atoms with van der Waals surface area (Å²) in [5.74, 6) is -0.669. The van der Waals surface area contributed by atoms with E-state index in [1.807, 2.05) is 0 Å². The molecule has 0 aromatic heterocycles. The van der Waals surface area contributed by atoms with Crippen LogP contribution in [-0.4, -0.2) is 38.8 Å². The third kappa shape index (κ3) is 5.27. The zero-order chi connectivity index (χ0) is 21.9. The number of amides is 2. The zero-order valence-electron chi connectivity index (χ0n) is 16.4. The summed E-state index contributed by atoms with van der Waals surface area (Å²) in [6, 6.07) is 9.41. The molecule has 0 aliphatic carbocycles. The van der Waals surface area contributed by atoms with Crippen molar-refractivity contribution in [3.8, 4) is 5.75 Å². The SMILES string of the molecule is COc1ccc(NC(=O)[C@@H](C)CS(=O)(=O)c2ccc3c(c2)NC(=O)CCS3)cc1Cl. The molecule has 10 heteroatoms. The smallest absolute Gasteiger partial charge is 0.228 e. The van der Waals surface area contributed by atoms with Crippen molar-refractivity contribution >= 4 is 56.4 Å². The van der Waals surface area contributed by atoms with Gasteiger partial charge in [0.2, 0.25) is 11.8 Å². The molecule has 0 bridgehead atoms. The number of sulfone groups is 1. The van der Waals surface area contributed by atoms with Gasteiger partial charge in [0, 0.05) is 28.7 Å². The maximum atomic E-state index is 12.9. The Balaban J connectivity index is 1.72. The van der Waals surface area contributed by atoms with Crippen LogP contribution in [0, 0.1) is 5.92 Å². The molecule has 7 nitrogen and oxygen atoms in total. The van der Waals surface area contributed by atoms with Crippen molar-refractivity contribution in [2.45, 2.75) is 23.1 Å². The fourth-order valence-corrected chi connectivity index (χ4v) is 5.67. The lowest BCUT2D eigenvalue weighted by Gasteiger charge is -2.15. The summed E-state index contributed by atoms with van der Waals surface area (Å²) in [6.45, 7) is 1.54.